The lowest BCUT2D eigenvalue weighted by Crippen LogP contribution is -2.51. The smallest absolute Gasteiger partial charge is 0.0444 e. The molecule has 1 N–H and O–H groups in total. The zero-order valence-corrected chi connectivity index (χ0v) is 11.7. The van der Waals surface area contributed by atoms with Gasteiger partial charge < -0.3 is 5.32 Å². The molecule has 0 bridgehead atoms. The summed E-state index contributed by atoms with van der Waals surface area (Å²) in [5.41, 5.74) is 1.58. The molecule has 1 aliphatic rings. The Hall–Kier alpha value is -0.530. The number of nitrogens with one attached hydrogen (secondary N) is 1. The van der Waals surface area contributed by atoms with E-state index in [0.717, 1.165) is 11.6 Å². The SMILES string of the molecule is CC(C)NCC1(c2ccccc2Cl)CCC1C. The van der Waals surface area contributed by atoms with Crippen molar-refractivity contribution in [1.82, 2.24) is 5.32 Å². The molecule has 2 heteroatoms. The summed E-state index contributed by atoms with van der Waals surface area (Å²) in [4.78, 5) is 0. The van der Waals surface area contributed by atoms with Crippen LogP contribution in [0.5, 0.6) is 0 Å². The fourth-order valence-corrected chi connectivity index (χ4v) is 3.11. The van der Waals surface area contributed by atoms with Gasteiger partial charge in [-0.15, -0.1) is 0 Å². The molecule has 0 heterocycles. The second-order valence-corrected chi connectivity index (χ2v) is 6.02. The van der Waals surface area contributed by atoms with Crippen LogP contribution in [0.15, 0.2) is 24.3 Å². The highest BCUT2D eigenvalue weighted by Crippen LogP contribution is 2.50. The molecule has 1 fully saturated rings. The molecule has 0 aromatic heterocycles. The van der Waals surface area contributed by atoms with E-state index in [1.807, 2.05) is 12.1 Å². The van der Waals surface area contributed by atoms with Gasteiger partial charge in [0.1, 0.15) is 0 Å². The fourth-order valence-electron chi connectivity index (χ4n) is 2.79. The van der Waals surface area contributed by atoms with Crippen molar-refractivity contribution in [3.63, 3.8) is 0 Å². The summed E-state index contributed by atoms with van der Waals surface area (Å²) in [5, 5.41) is 4.51. The van der Waals surface area contributed by atoms with E-state index in [1.54, 1.807) is 0 Å². The van der Waals surface area contributed by atoms with Crippen LogP contribution in [0.1, 0.15) is 39.2 Å². The summed E-state index contributed by atoms with van der Waals surface area (Å²) in [6.45, 7) is 7.78. The quantitative estimate of drug-likeness (QED) is 0.853. The van der Waals surface area contributed by atoms with Crippen molar-refractivity contribution in [3.8, 4) is 0 Å². The van der Waals surface area contributed by atoms with Crippen LogP contribution < -0.4 is 5.32 Å². The van der Waals surface area contributed by atoms with Crippen molar-refractivity contribution in [2.24, 2.45) is 5.92 Å². The van der Waals surface area contributed by atoms with Crippen LogP contribution in [0.25, 0.3) is 0 Å². The van der Waals surface area contributed by atoms with Crippen LogP contribution >= 0.6 is 11.6 Å². The maximum absolute atomic E-state index is 6.37. The Morgan fingerprint density at radius 1 is 1.41 bits per heavy atom. The molecular formula is C15H22ClN. The van der Waals surface area contributed by atoms with Gasteiger partial charge in [0.05, 0.1) is 0 Å². The van der Waals surface area contributed by atoms with Crippen LogP contribution in [-0.2, 0) is 5.41 Å². The van der Waals surface area contributed by atoms with E-state index in [1.165, 1.54) is 18.4 Å². The van der Waals surface area contributed by atoms with E-state index in [9.17, 15) is 0 Å². The maximum Gasteiger partial charge on any atom is 0.0444 e. The molecule has 17 heavy (non-hydrogen) atoms. The van der Waals surface area contributed by atoms with Crippen molar-refractivity contribution in [2.45, 2.75) is 45.1 Å². The average Bonchev–Trinajstić information content (AvgIpc) is 2.29. The molecule has 2 atom stereocenters. The minimum absolute atomic E-state index is 0.253. The Morgan fingerprint density at radius 3 is 2.59 bits per heavy atom. The number of benzene rings is 1. The van der Waals surface area contributed by atoms with E-state index in [2.05, 4.69) is 38.2 Å². The topological polar surface area (TPSA) is 12.0 Å². The minimum atomic E-state index is 0.253. The van der Waals surface area contributed by atoms with Gasteiger partial charge in [0.15, 0.2) is 0 Å². The third-order valence-electron chi connectivity index (χ3n) is 4.20. The lowest BCUT2D eigenvalue weighted by Gasteiger charge is -2.49. The molecule has 0 saturated heterocycles. The van der Waals surface area contributed by atoms with Crippen molar-refractivity contribution in [3.05, 3.63) is 34.9 Å². The van der Waals surface area contributed by atoms with Gasteiger partial charge in [-0.25, -0.2) is 0 Å². The summed E-state index contributed by atoms with van der Waals surface area (Å²) in [7, 11) is 0. The van der Waals surface area contributed by atoms with Crippen molar-refractivity contribution >= 4 is 11.6 Å². The lowest BCUT2D eigenvalue weighted by molar-refractivity contribution is 0.131. The van der Waals surface area contributed by atoms with Gasteiger partial charge in [0.25, 0.3) is 0 Å². The maximum atomic E-state index is 6.37. The van der Waals surface area contributed by atoms with Gasteiger partial charge in [-0.3, -0.25) is 0 Å². The Morgan fingerprint density at radius 2 is 2.12 bits per heavy atom. The summed E-state index contributed by atoms with van der Waals surface area (Å²) in [6.07, 6.45) is 2.56. The Labute approximate surface area is 110 Å². The monoisotopic (exact) mass is 251 g/mol. The zero-order valence-electron chi connectivity index (χ0n) is 11.0. The van der Waals surface area contributed by atoms with Gasteiger partial charge in [-0.2, -0.15) is 0 Å². The fraction of sp³-hybridized carbons (Fsp3) is 0.600. The van der Waals surface area contributed by atoms with Crippen LogP contribution in [0.4, 0.5) is 0 Å². The molecule has 1 aromatic carbocycles. The molecule has 1 aromatic rings. The highest BCUT2D eigenvalue weighted by atomic mass is 35.5. The normalized spacial score (nSPS) is 28.2. The van der Waals surface area contributed by atoms with Crippen molar-refractivity contribution in [1.29, 1.82) is 0 Å². The summed E-state index contributed by atoms with van der Waals surface area (Å²) < 4.78 is 0. The first-order valence-electron chi connectivity index (χ1n) is 6.54. The second-order valence-electron chi connectivity index (χ2n) is 5.61. The Kier molecular flexibility index (Phi) is 3.79. The van der Waals surface area contributed by atoms with E-state index in [0.29, 0.717) is 12.0 Å². The van der Waals surface area contributed by atoms with Crippen molar-refractivity contribution in [2.75, 3.05) is 6.54 Å². The third kappa shape index (κ3) is 2.36. The van der Waals surface area contributed by atoms with Gasteiger partial charge in [0, 0.05) is 23.0 Å². The highest BCUT2D eigenvalue weighted by molar-refractivity contribution is 6.31. The average molecular weight is 252 g/mol. The van der Waals surface area contributed by atoms with E-state index < -0.39 is 0 Å². The zero-order chi connectivity index (χ0) is 12.5. The number of hydrogen-bond donors (Lipinski definition) is 1. The summed E-state index contributed by atoms with van der Waals surface area (Å²) in [5.74, 6) is 0.716. The van der Waals surface area contributed by atoms with Gasteiger partial charge in [0.2, 0.25) is 0 Å². The molecule has 1 saturated carbocycles. The molecular weight excluding hydrogens is 230 g/mol. The Bertz CT molecular complexity index is 388. The first-order chi connectivity index (χ1) is 8.06. The molecule has 1 nitrogen and oxygen atoms in total. The van der Waals surface area contributed by atoms with Gasteiger partial charge in [-0.05, 0) is 30.4 Å². The summed E-state index contributed by atoms with van der Waals surface area (Å²) >= 11 is 6.37. The highest BCUT2D eigenvalue weighted by Gasteiger charge is 2.45. The molecule has 0 radical (unpaired) electrons. The van der Waals surface area contributed by atoms with E-state index >= 15 is 0 Å². The molecule has 94 valence electrons. The number of halogens is 1. The van der Waals surface area contributed by atoms with E-state index in [4.69, 9.17) is 11.6 Å². The molecule has 1 aliphatic carbocycles. The molecule has 0 aliphatic heterocycles. The Balaban J connectivity index is 2.26. The first-order valence-corrected chi connectivity index (χ1v) is 6.92. The predicted octanol–water partition coefficient (Wildman–Crippen LogP) is 4.01. The number of hydrogen-bond acceptors (Lipinski definition) is 1. The van der Waals surface area contributed by atoms with E-state index in [-0.39, 0.29) is 5.41 Å². The van der Waals surface area contributed by atoms with Crippen molar-refractivity contribution < 1.29 is 0 Å². The second kappa shape index (κ2) is 4.99. The molecule has 2 unspecified atom stereocenters. The third-order valence-corrected chi connectivity index (χ3v) is 4.53. The summed E-state index contributed by atoms with van der Waals surface area (Å²) in [6, 6.07) is 8.85. The first kappa shape index (κ1) is 12.9. The van der Waals surface area contributed by atoms with Crippen LogP contribution in [0, 0.1) is 5.92 Å². The van der Waals surface area contributed by atoms with Crippen LogP contribution in [0.2, 0.25) is 5.02 Å². The molecule has 0 amide bonds. The largest absolute Gasteiger partial charge is 0.314 e. The predicted molar refractivity (Wildman–Crippen MR) is 74.7 cm³/mol. The lowest BCUT2D eigenvalue weighted by atomic mass is 9.57. The molecule has 0 spiro atoms. The van der Waals surface area contributed by atoms with Crippen LogP contribution in [-0.4, -0.2) is 12.6 Å². The minimum Gasteiger partial charge on any atom is -0.314 e. The standard InChI is InChI=1S/C15H22ClN/c1-11(2)17-10-15(9-8-12(15)3)13-6-4-5-7-14(13)16/h4-7,11-12,17H,8-10H2,1-3H3. The molecule has 2 rings (SSSR count). The van der Waals surface area contributed by atoms with Crippen LogP contribution in [0.3, 0.4) is 0 Å². The van der Waals surface area contributed by atoms with Gasteiger partial charge in [-0.1, -0.05) is 50.6 Å². The number of rotatable bonds is 4. The van der Waals surface area contributed by atoms with Gasteiger partial charge >= 0.3 is 0 Å².